The summed E-state index contributed by atoms with van der Waals surface area (Å²) in [4.78, 5) is 4.39. The van der Waals surface area contributed by atoms with Crippen LogP contribution in [0.4, 0.5) is 5.82 Å². The number of pyridine rings is 1. The number of fused-ring (bicyclic) bond motifs is 1. The first-order valence-electron chi connectivity index (χ1n) is 5.22. The smallest absolute Gasteiger partial charge is 0.135 e. The van der Waals surface area contributed by atoms with Gasteiger partial charge in [0.25, 0.3) is 0 Å². The van der Waals surface area contributed by atoms with Gasteiger partial charge in [0.15, 0.2) is 0 Å². The largest absolute Gasteiger partial charge is 0.382 e. The van der Waals surface area contributed by atoms with Crippen molar-refractivity contribution in [2.45, 2.75) is 19.4 Å². The topological polar surface area (TPSA) is 34.1 Å². The van der Waals surface area contributed by atoms with Crippen LogP contribution in [0.15, 0.2) is 23.7 Å². The van der Waals surface area contributed by atoms with Crippen LogP contribution in [0.1, 0.15) is 13.8 Å². The highest BCUT2D eigenvalue weighted by Crippen LogP contribution is 2.27. The van der Waals surface area contributed by atoms with E-state index in [1.54, 1.807) is 18.4 Å². The molecule has 16 heavy (non-hydrogen) atoms. The molecule has 0 fully saturated rings. The summed E-state index contributed by atoms with van der Waals surface area (Å²) < 4.78 is 6.44. The minimum Gasteiger partial charge on any atom is -0.382 e. The summed E-state index contributed by atoms with van der Waals surface area (Å²) in [5.41, 5.74) is -0.113. The lowest BCUT2D eigenvalue weighted by molar-refractivity contribution is 0.158. The Morgan fingerprint density at radius 1 is 1.44 bits per heavy atom. The number of anilines is 1. The van der Waals surface area contributed by atoms with Crippen LogP contribution < -0.4 is 5.32 Å². The van der Waals surface area contributed by atoms with Crippen molar-refractivity contribution in [3.63, 3.8) is 0 Å². The molecule has 0 saturated heterocycles. The summed E-state index contributed by atoms with van der Waals surface area (Å²) in [6.45, 7) is 4.85. The third kappa shape index (κ3) is 2.33. The number of hydrogen-bond acceptors (Lipinski definition) is 4. The summed E-state index contributed by atoms with van der Waals surface area (Å²) in [5, 5.41) is 6.68. The van der Waals surface area contributed by atoms with E-state index < -0.39 is 0 Å². The Morgan fingerprint density at radius 3 is 3.00 bits per heavy atom. The fourth-order valence-corrected chi connectivity index (χ4v) is 2.49. The summed E-state index contributed by atoms with van der Waals surface area (Å²) in [5.74, 6) is 0.931. The molecule has 0 unspecified atom stereocenters. The molecule has 0 atom stereocenters. The number of nitrogens with zero attached hydrogens (tertiary/aromatic N) is 1. The number of thiophene rings is 1. The lowest BCUT2D eigenvalue weighted by atomic mass is 10.1. The number of methoxy groups -OCH3 is 1. The van der Waals surface area contributed by atoms with E-state index in [9.17, 15) is 0 Å². The lowest BCUT2D eigenvalue weighted by Crippen LogP contribution is -2.36. The van der Waals surface area contributed by atoms with E-state index in [1.165, 1.54) is 10.1 Å². The zero-order chi connectivity index (χ0) is 11.6. The standard InChI is InChI=1S/C12H16N2OS/c1-12(2,8-15-3)14-11-9-5-7-16-10(9)4-6-13-11/h4-7H,8H2,1-3H3,(H,13,14). The van der Waals surface area contributed by atoms with E-state index in [-0.39, 0.29) is 5.54 Å². The van der Waals surface area contributed by atoms with Crippen LogP contribution in [-0.2, 0) is 4.74 Å². The molecule has 4 heteroatoms. The van der Waals surface area contributed by atoms with Gasteiger partial charge in [-0.25, -0.2) is 4.98 Å². The van der Waals surface area contributed by atoms with Crippen LogP contribution in [0.2, 0.25) is 0 Å². The summed E-state index contributed by atoms with van der Waals surface area (Å²) in [6.07, 6.45) is 1.84. The molecule has 2 aromatic heterocycles. The van der Waals surface area contributed by atoms with Crippen LogP contribution >= 0.6 is 11.3 Å². The molecule has 0 saturated carbocycles. The van der Waals surface area contributed by atoms with Gasteiger partial charge in [-0.05, 0) is 31.4 Å². The fraction of sp³-hybridized carbons (Fsp3) is 0.417. The van der Waals surface area contributed by atoms with Crippen molar-refractivity contribution in [1.29, 1.82) is 0 Å². The molecule has 86 valence electrons. The van der Waals surface area contributed by atoms with Gasteiger partial charge in [-0.3, -0.25) is 0 Å². The first-order chi connectivity index (χ1) is 7.62. The Bertz CT molecular complexity index is 479. The molecule has 0 aliphatic rings. The Morgan fingerprint density at radius 2 is 2.25 bits per heavy atom. The predicted molar refractivity (Wildman–Crippen MR) is 69.2 cm³/mol. The van der Waals surface area contributed by atoms with Gasteiger partial charge in [-0.1, -0.05) is 0 Å². The maximum atomic E-state index is 5.18. The maximum Gasteiger partial charge on any atom is 0.135 e. The second-order valence-corrected chi connectivity index (χ2v) is 5.38. The first-order valence-corrected chi connectivity index (χ1v) is 6.10. The quantitative estimate of drug-likeness (QED) is 0.885. The molecule has 3 nitrogen and oxygen atoms in total. The molecular formula is C12H16N2OS. The molecule has 0 radical (unpaired) electrons. The molecule has 2 heterocycles. The molecule has 0 bridgehead atoms. The fourth-order valence-electron chi connectivity index (χ4n) is 1.71. The van der Waals surface area contributed by atoms with Crippen molar-refractivity contribution in [2.75, 3.05) is 19.0 Å². The Hall–Kier alpha value is -1.13. The molecular weight excluding hydrogens is 220 g/mol. The van der Waals surface area contributed by atoms with Crippen molar-refractivity contribution < 1.29 is 4.74 Å². The number of nitrogens with one attached hydrogen (secondary N) is 1. The Balaban J connectivity index is 2.30. The van der Waals surface area contributed by atoms with Crippen molar-refractivity contribution in [3.8, 4) is 0 Å². The van der Waals surface area contributed by atoms with Gasteiger partial charge in [0, 0.05) is 23.4 Å². The van der Waals surface area contributed by atoms with Crippen LogP contribution in [0.25, 0.3) is 10.1 Å². The second kappa shape index (κ2) is 4.39. The molecule has 0 spiro atoms. The van der Waals surface area contributed by atoms with Gasteiger partial charge >= 0.3 is 0 Å². The monoisotopic (exact) mass is 236 g/mol. The third-order valence-corrected chi connectivity index (χ3v) is 3.22. The van der Waals surface area contributed by atoms with Crippen molar-refractivity contribution in [3.05, 3.63) is 23.7 Å². The highest BCUT2D eigenvalue weighted by molar-refractivity contribution is 7.17. The van der Waals surface area contributed by atoms with E-state index in [0.29, 0.717) is 6.61 Å². The molecule has 2 aromatic rings. The molecule has 0 aromatic carbocycles. The third-order valence-electron chi connectivity index (χ3n) is 2.34. The van der Waals surface area contributed by atoms with Gasteiger partial charge in [-0.15, -0.1) is 11.3 Å². The van der Waals surface area contributed by atoms with E-state index >= 15 is 0 Å². The Labute approximate surface area is 99.5 Å². The molecule has 0 aliphatic heterocycles. The van der Waals surface area contributed by atoms with Gasteiger partial charge < -0.3 is 10.1 Å². The van der Waals surface area contributed by atoms with Gasteiger partial charge in [-0.2, -0.15) is 0 Å². The SMILES string of the molecule is COCC(C)(C)Nc1nccc2sccc12. The van der Waals surface area contributed by atoms with E-state index in [2.05, 4.69) is 35.6 Å². The molecule has 0 aliphatic carbocycles. The highest BCUT2D eigenvalue weighted by atomic mass is 32.1. The van der Waals surface area contributed by atoms with Crippen molar-refractivity contribution in [2.24, 2.45) is 0 Å². The van der Waals surface area contributed by atoms with Crippen molar-refractivity contribution >= 4 is 27.2 Å². The highest BCUT2D eigenvalue weighted by Gasteiger charge is 2.18. The normalized spacial score (nSPS) is 11.9. The summed E-state index contributed by atoms with van der Waals surface area (Å²) in [6, 6.07) is 4.13. The Kier molecular flexibility index (Phi) is 3.12. The first kappa shape index (κ1) is 11.4. The minimum absolute atomic E-state index is 0.113. The average Bonchev–Trinajstić information content (AvgIpc) is 2.65. The van der Waals surface area contributed by atoms with Gasteiger partial charge in [0.1, 0.15) is 5.82 Å². The van der Waals surface area contributed by atoms with Crippen LogP contribution in [0.5, 0.6) is 0 Å². The zero-order valence-corrected chi connectivity index (χ0v) is 10.6. The van der Waals surface area contributed by atoms with E-state index in [0.717, 1.165) is 5.82 Å². The number of ether oxygens (including phenoxy) is 1. The number of aromatic nitrogens is 1. The van der Waals surface area contributed by atoms with Gasteiger partial charge in [0.2, 0.25) is 0 Å². The zero-order valence-electron chi connectivity index (χ0n) is 9.78. The van der Waals surface area contributed by atoms with Crippen LogP contribution in [0.3, 0.4) is 0 Å². The van der Waals surface area contributed by atoms with Crippen LogP contribution in [0, 0.1) is 0 Å². The number of hydrogen-bond donors (Lipinski definition) is 1. The molecule has 2 rings (SSSR count). The second-order valence-electron chi connectivity index (χ2n) is 4.43. The van der Waals surface area contributed by atoms with Gasteiger partial charge in [0.05, 0.1) is 12.1 Å². The minimum atomic E-state index is -0.113. The average molecular weight is 236 g/mol. The predicted octanol–water partition coefficient (Wildman–Crippen LogP) is 3.13. The summed E-state index contributed by atoms with van der Waals surface area (Å²) in [7, 11) is 1.71. The lowest BCUT2D eigenvalue weighted by Gasteiger charge is -2.26. The summed E-state index contributed by atoms with van der Waals surface area (Å²) >= 11 is 1.73. The molecule has 0 amide bonds. The van der Waals surface area contributed by atoms with Crippen LogP contribution in [-0.4, -0.2) is 24.2 Å². The van der Waals surface area contributed by atoms with E-state index in [4.69, 9.17) is 4.74 Å². The molecule has 1 N–H and O–H groups in total. The van der Waals surface area contributed by atoms with Crippen molar-refractivity contribution in [1.82, 2.24) is 4.98 Å². The van der Waals surface area contributed by atoms with E-state index in [1.807, 2.05) is 12.3 Å². The maximum absolute atomic E-state index is 5.18. The number of rotatable bonds is 4.